The van der Waals surface area contributed by atoms with E-state index in [-0.39, 0.29) is 10.7 Å². The molecule has 0 unspecified atom stereocenters. The SMILES string of the molecule is O=C(O)c1ccc(Br)c(NC(=S)NC(=O)c2cccc(OCc3ccccc3)c2)c1. The molecule has 0 atom stereocenters. The van der Waals surface area contributed by atoms with Gasteiger partial charge in [0.05, 0.1) is 11.3 Å². The van der Waals surface area contributed by atoms with Crippen LogP contribution in [0.2, 0.25) is 0 Å². The summed E-state index contributed by atoms with van der Waals surface area (Å²) in [6.07, 6.45) is 0. The second-order valence-corrected chi connectivity index (χ2v) is 7.47. The molecule has 0 heterocycles. The van der Waals surface area contributed by atoms with Crippen LogP contribution in [0.25, 0.3) is 0 Å². The summed E-state index contributed by atoms with van der Waals surface area (Å²) >= 11 is 8.51. The first-order valence-electron chi connectivity index (χ1n) is 8.84. The third-order valence-corrected chi connectivity index (χ3v) is 4.93. The fourth-order valence-electron chi connectivity index (χ4n) is 2.55. The molecule has 0 radical (unpaired) electrons. The fraction of sp³-hybridized carbons (Fsp3) is 0.0455. The summed E-state index contributed by atoms with van der Waals surface area (Å²) in [6, 6.07) is 20.9. The Labute approximate surface area is 187 Å². The van der Waals surface area contributed by atoms with Gasteiger partial charge in [-0.3, -0.25) is 10.1 Å². The summed E-state index contributed by atoms with van der Waals surface area (Å²) in [5.41, 5.74) is 1.92. The minimum absolute atomic E-state index is 0.0406. The summed E-state index contributed by atoms with van der Waals surface area (Å²) in [5.74, 6) is -0.918. The maximum absolute atomic E-state index is 12.5. The first kappa shape index (κ1) is 21.5. The van der Waals surface area contributed by atoms with Crippen molar-refractivity contribution in [2.24, 2.45) is 0 Å². The molecule has 152 valence electrons. The number of benzene rings is 3. The third-order valence-electron chi connectivity index (χ3n) is 4.03. The van der Waals surface area contributed by atoms with Gasteiger partial charge in [-0.2, -0.15) is 0 Å². The number of hydrogen-bond donors (Lipinski definition) is 3. The smallest absolute Gasteiger partial charge is 0.335 e. The van der Waals surface area contributed by atoms with E-state index in [1.165, 1.54) is 12.1 Å². The average Bonchev–Trinajstić information content (AvgIpc) is 2.74. The average molecular weight is 485 g/mol. The molecule has 0 aromatic heterocycles. The van der Waals surface area contributed by atoms with Gasteiger partial charge in [0.15, 0.2) is 5.11 Å². The van der Waals surface area contributed by atoms with E-state index in [0.717, 1.165) is 5.56 Å². The second kappa shape index (κ2) is 10.00. The zero-order valence-electron chi connectivity index (χ0n) is 15.6. The van der Waals surface area contributed by atoms with E-state index in [2.05, 4.69) is 26.6 Å². The van der Waals surface area contributed by atoms with Crippen LogP contribution in [0.1, 0.15) is 26.3 Å². The standard InChI is InChI=1S/C22H17BrN2O4S/c23-18-10-9-16(21(27)28)12-19(18)24-22(30)25-20(26)15-7-4-8-17(11-15)29-13-14-5-2-1-3-6-14/h1-12H,13H2,(H,27,28)(H2,24,25,26,30). The highest BCUT2D eigenvalue weighted by molar-refractivity contribution is 9.10. The molecule has 0 saturated carbocycles. The fourth-order valence-corrected chi connectivity index (χ4v) is 3.10. The third kappa shape index (κ3) is 5.88. The minimum atomic E-state index is -1.06. The zero-order chi connectivity index (χ0) is 21.5. The minimum Gasteiger partial charge on any atom is -0.489 e. The van der Waals surface area contributed by atoms with Crippen molar-refractivity contribution in [2.75, 3.05) is 5.32 Å². The van der Waals surface area contributed by atoms with Crippen molar-refractivity contribution in [3.8, 4) is 5.75 Å². The molecular formula is C22H17BrN2O4S. The van der Waals surface area contributed by atoms with Gasteiger partial charge in [-0.1, -0.05) is 36.4 Å². The molecule has 0 fully saturated rings. The first-order valence-corrected chi connectivity index (χ1v) is 10.0. The van der Waals surface area contributed by atoms with Gasteiger partial charge in [-0.25, -0.2) is 4.79 Å². The highest BCUT2D eigenvalue weighted by atomic mass is 79.9. The van der Waals surface area contributed by atoms with Gasteiger partial charge in [0, 0.05) is 10.0 Å². The largest absolute Gasteiger partial charge is 0.489 e. The second-order valence-electron chi connectivity index (χ2n) is 6.21. The zero-order valence-corrected chi connectivity index (χ0v) is 18.0. The molecule has 0 aliphatic rings. The van der Waals surface area contributed by atoms with E-state index in [1.54, 1.807) is 30.3 Å². The van der Waals surface area contributed by atoms with Crippen LogP contribution in [0.4, 0.5) is 5.69 Å². The Bertz CT molecular complexity index is 1090. The molecule has 6 nitrogen and oxygen atoms in total. The number of thiocarbonyl (C=S) groups is 1. The Hall–Kier alpha value is -3.23. The molecule has 3 aromatic carbocycles. The van der Waals surface area contributed by atoms with Gasteiger partial charge in [0.2, 0.25) is 0 Å². The Morgan fingerprint density at radius 1 is 0.967 bits per heavy atom. The van der Waals surface area contributed by atoms with Crippen LogP contribution in [-0.2, 0) is 6.61 Å². The monoisotopic (exact) mass is 484 g/mol. The van der Waals surface area contributed by atoms with E-state index in [9.17, 15) is 9.59 Å². The van der Waals surface area contributed by atoms with E-state index in [1.807, 2.05) is 30.3 Å². The van der Waals surface area contributed by atoms with Crippen LogP contribution < -0.4 is 15.4 Å². The summed E-state index contributed by atoms with van der Waals surface area (Å²) in [6.45, 7) is 0.389. The number of aromatic carboxylic acids is 1. The van der Waals surface area contributed by atoms with Gasteiger partial charge < -0.3 is 15.2 Å². The first-order chi connectivity index (χ1) is 14.4. The van der Waals surface area contributed by atoms with Crippen molar-refractivity contribution in [1.82, 2.24) is 5.32 Å². The Morgan fingerprint density at radius 2 is 1.73 bits per heavy atom. The summed E-state index contributed by atoms with van der Waals surface area (Å²) in [5, 5.41) is 14.6. The van der Waals surface area contributed by atoms with E-state index < -0.39 is 11.9 Å². The van der Waals surface area contributed by atoms with Crippen LogP contribution in [0.15, 0.2) is 77.3 Å². The Kier molecular flexibility index (Phi) is 7.16. The number of amides is 1. The lowest BCUT2D eigenvalue weighted by Gasteiger charge is -2.12. The maximum Gasteiger partial charge on any atom is 0.335 e. The number of nitrogens with one attached hydrogen (secondary N) is 2. The van der Waals surface area contributed by atoms with Gasteiger partial charge in [0.25, 0.3) is 5.91 Å². The van der Waals surface area contributed by atoms with E-state index in [4.69, 9.17) is 22.1 Å². The topological polar surface area (TPSA) is 87.7 Å². The van der Waals surface area contributed by atoms with Gasteiger partial charge in [-0.15, -0.1) is 0 Å². The number of carbonyl (C=O) groups excluding carboxylic acids is 1. The van der Waals surface area contributed by atoms with E-state index in [0.29, 0.717) is 28.1 Å². The number of hydrogen-bond acceptors (Lipinski definition) is 4. The molecule has 30 heavy (non-hydrogen) atoms. The molecule has 0 saturated heterocycles. The van der Waals surface area contributed by atoms with Crippen molar-refractivity contribution in [3.63, 3.8) is 0 Å². The summed E-state index contributed by atoms with van der Waals surface area (Å²) in [4.78, 5) is 23.7. The van der Waals surface area contributed by atoms with Crippen LogP contribution in [-0.4, -0.2) is 22.1 Å². The van der Waals surface area contributed by atoms with Crippen LogP contribution >= 0.6 is 28.1 Å². The predicted octanol–water partition coefficient (Wildman–Crippen LogP) is 4.85. The van der Waals surface area contributed by atoms with Crippen molar-refractivity contribution in [2.45, 2.75) is 6.61 Å². The maximum atomic E-state index is 12.5. The number of ether oxygens (including phenoxy) is 1. The molecule has 3 rings (SSSR count). The summed E-state index contributed by atoms with van der Waals surface area (Å²) < 4.78 is 6.36. The number of carboxylic acid groups (broad SMARTS) is 1. The van der Waals surface area contributed by atoms with Crippen LogP contribution in [0.3, 0.4) is 0 Å². The van der Waals surface area contributed by atoms with Gasteiger partial charge in [-0.05, 0) is 70.1 Å². The molecule has 3 N–H and O–H groups in total. The lowest BCUT2D eigenvalue weighted by atomic mass is 10.2. The van der Waals surface area contributed by atoms with E-state index >= 15 is 0 Å². The van der Waals surface area contributed by atoms with Gasteiger partial charge in [0.1, 0.15) is 12.4 Å². The molecule has 0 aliphatic carbocycles. The number of rotatable bonds is 6. The Balaban J connectivity index is 1.62. The number of halogens is 1. The summed E-state index contributed by atoms with van der Waals surface area (Å²) in [7, 11) is 0. The molecule has 3 aromatic rings. The number of carboxylic acids is 1. The normalized spacial score (nSPS) is 10.2. The van der Waals surface area contributed by atoms with Crippen molar-refractivity contribution < 1.29 is 19.4 Å². The van der Waals surface area contributed by atoms with Crippen molar-refractivity contribution >= 4 is 50.8 Å². The molecule has 0 aliphatic heterocycles. The molecule has 0 bridgehead atoms. The van der Waals surface area contributed by atoms with Crippen LogP contribution in [0.5, 0.6) is 5.75 Å². The molecule has 1 amide bonds. The lowest BCUT2D eigenvalue weighted by molar-refractivity contribution is 0.0696. The van der Waals surface area contributed by atoms with Crippen molar-refractivity contribution in [1.29, 1.82) is 0 Å². The molecule has 8 heteroatoms. The highest BCUT2D eigenvalue weighted by Gasteiger charge is 2.12. The van der Waals surface area contributed by atoms with Crippen molar-refractivity contribution in [3.05, 3.63) is 94.0 Å². The highest BCUT2D eigenvalue weighted by Crippen LogP contribution is 2.24. The predicted molar refractivity (Wildman–Crippen MR) is 122 cm³/mol. The lowest BCUT2D eigenvalue weighted by Crippen LogP contribution is -2.34. The Morgan fingerprint density at radius 3 is 2.47 bits per heavy atom. The molecular weight excluding hydrogens is 468 g/mol. The number of anilines is 1. The van der Waals surface area contributed by atoms with Gasteiger partial charge >= 0.3 is 5.97 Å². The van der Waals surface area contributed by atoms with Crippen LogP contribution in [0, 0.1) is 0 Å². The number of carbonyl (C=O) groups is 2. The quantitative estimate of drug-likeness (QED) is 0.433. The molecule has 0 spiro atoms.